The maximum Gasteiger partial charge on any atom is 0.191 e. The average Bonchev–Trinajstić information content (AvgIpc) is 3.04. The van der Waals surface area contributed by atoms with Crippen molar-refractivity contribution in [2.75, 3.05) is 46.8 Å². The first-order valence-electron chi connectivity index (χ1n) is 10.3. The Kier molecular flexibility index (Phi) is 11.0. The van der Waals surface area contributed by atoms with Crippen molar-refractivity contribution in [3.05, 3.63) is 18.0 Å². The van der Waals surface area contributed by atoms with Crippen molar-refractivity contribution >= 4 is 5.96 Å². The summed E-state index contributed by atoms with van der Waals surface area (Å²) in [6.45, 7) is 13.8. The van der Waals surface area contributed by atoms with Crippen molar-refractivity contribution in [1.29, 1.82) is 0 Å². The third-order valence-corrected chi connectivity index (χ3v) is 4.89. The van der Waals surface area contributed by atoms with Crippen LogP contribution in [0.1, 0.15) is 52.1 Å². The molecule has 0 saturated heterocycles. The highest BCUT2D eigenvalue weighted by molar-refractivity contribution is 5.80. The minimum Gasteiger partial charge on any atom is -0.357 e. The molecule has 156 valence electrons. The molecule has 0 spiro atoms. The molecule has 0 saturated carbocycles. The van der Waals surface area contributed by atoms with Crippen LogP contribution in [-0.4, -0.2) is 78.4 Å². The lowest BCUT2D eigenvalue weighted by atomic mass is 10.1. The van der Waals surface area contributed by atoms with E-state index in [9.17, 15) is 0 Å². The summed E-state index contributed by atoms with van der Waals surface area (Å²) in [4.78, 5) is 9.51. The molecule has 0 fully saturated rings. The molecule has 27 heavy (non-hydrogen) atoms. The van der Waals surface area contributed by atoms with Gasteiger partial charge in [-0.25, -0.2) is 0 Å². The lowest BCUT2D eigenvalue weighted by molar-refractivity contribution is 0.292. The lowest BCUT2D eigenvalue weighted by Crippen LogP contribution is -2.43. The Bertz CT molecular complexity index is 534. The summed E-state index contributed by atoms with van der Waals surface area (Å²) in [7, 11) is 6.12. The van der Waals surface area contributed by atoms with E-state index < -0.39 is 0 Å². The Morgan fingerprint density at radius 2 is 1.96 bits per heavy atom. The molecule has 7 nitrogen and oxygen atoms in total. The van der Waals surface area contributed by atoms with E-state index in [1.54, 1.807) is 0 Å². The third kappa shape index (κ3) is 8.75. The summed E-state index contributed by atoms with van der Waals surface area (Å²) < 4.78 is 1.84. The molecule has 2 unspecified atom stereocenters. The van der Waals surface area contributed by atoms with Crippen LogP contribution in [0.15, 0.2) is 17.4 Å². The molecule has 1 rings (SSSR count). The summed E-state index contributed by atoms with van der Waals surface area (Å²) in [5.41, 5.74) is 1.19. The van der Waals surface area contributed by atoms with Gasteiger partial charge in [0.25, 0.3) is 0 Å². The molecule has 0 aromatic carbocycles. The van der Waals surface area contributed by atoms with Crippen molar-refractivity contribution in [1.82, 2.24) is 30.2 Å². The molecule has 0 aliphatic carbocycles. The van der Waals surface area contributed by atoms with Gasteiger partial charge in [-0.05, 0) is 60.4 Å². The van der Waals surface area contributed by atoms with E-state index in [2.05, 4.69) is 73.5 Å². The Balaban J connectivity index is 2.61. The van der Waals surface area contributed by atoms with Crippen LogP contribution >= 0.6 is 0 Å². The van der Waals surface area contributed by atoms with Crippen molar-refractivity contribution in [3.8, 4) is 0 Å². The summed E-state index contributed by atoms with van der Waals surface area (Å²) in [5, 5.41) is 11.2. The normalized spacial score (nSPS) is 14.6. The fourth-order valence-electron chi connectivity index (χ4n) is 3.14. The van der Waals surface area contributed by atoms with E-state index in [1.165, 1.54) is 12.0 Å². The maximum absolute atomic E-state index is 4.84. The number of rotatable bonds is 12. The lowest BCUT2D eigenvalue weighted by Gasteiger charge is -2.23. The third-order valence-electron chi connectivity index (χ3n) is 4.89. The zero-order valence-corrected chi connectivity index (χ0v) is 18.5. The van der Waals surface area contributed by atoms with Gasteiger partial charge in [0.15, 0.2) is 5.96 Å². The number of guanidine groups is 1. The maximum atomic E-state index is 4.84. The zero-order valence-electron chi connectivity index (χ0n) is 18.5. The van der Waals surface area contributed by atoms with Gasteiger partial charge in [0.05, 0.1) is 18.8 Å². The largest absolute Gasteiger partial charge is 0.357 e. The van der Waals surface area contributed by atoms with Gasteiger partial charge in [-0.3, -0.25) is 9.67 Å². The molecule has 2 atom stereocenters. The first-order valence-corrected chi connectivity index (χ1v) is 10.3. The number of nitrogens with one attached hydrogen (secondary N) is 2. The van der Waals surface area contributed by atoms with Crippen molar-refractivity contribution in [2.45, 2.75) is 52.6 Å². The quantitative estimate of drug-likeness (QED) is 0.430. The number of nitrogens with zero attached hydrogens (tertiary/aromatic N) is 5. The number of likely N-dealkylation sites (N-methyl/N-ethyl adjacent to an activating group) is 1. The highest BCUT2D eigenvalue weighted by Crippen LogP contribution is 2.17. The number of aliphatic imine (C=N–C) groups is 1. The Labute approximate surface area is 166 Å². The van der Waals surface area contributed by atoms with Gasteiger partial charge >= 0.3 is 0 Å². The molecule has 2 N–H and O–H groups in total. The van der Waals surface area contributed by atoms with Crippen LogP contribution in [-0.2, 0) is 7.05 Å². The van der Waals surface area contributed by atoms with E-state index in [0.29, 0.717) is 12.6 Å². The van der Waals surface area contributed by atoms with Crippen LogP contribution in [0.25, 0.3) is 0 Å². The summed E-state index contributed by atoms with van der Waals surface area (Å²) >= 11 is 0. The number of hydrogen-bond donors (Lipinski definition) is 2. The van der Waals surface area contributed by atoms with Crippen molar-refractivity contribution in [3.63, 3.8) is 0 Å². The molecule has 1 aromatic rings. The number of hydrogen-bond acceptors (Lipinski definition) is 4. The molecule has 0 amide bonds. The first kappa shape index (κ1) is 23.4. The minimum atomic E-state index is 0.215. The van der Waals surface area contributed by atoms with Crippen molar-refractivity contribution in [2.24, 2.45) is 12.0 Å². The van der Waals surface area contributed by atoms with Gasteiger partial charge in [0.2, 0.25) is 0 Å². The fourth-order valence-corrected chi connectivity index (χ4v) is 3.14. The number of aromatic nitrogens is 2. The highest BCUT2D eigenvalue weighted by Gasteiger charge is 2.16. The van der Waals surface area contributed by atoms with Crippen LogP contribution in [0.4, 0.5) is 0 Å². The van der Waals surface area contributed by atoms with Gasteiger partial charge in [0, 0.05) is 31.4 Å². The molecular formula is C20H41N7. The molecule has 0 aliphatic heterocycles. The molecule has 0 aliphatic rings. The minimum absolute atomic E-state index is 0.215. The van der Waals surface area contributed by atoms with Gasteiger partial charge in [-0.15, -0.1) is 0 Å². The van der Waals surface area contributed by atoms with Crippen LogP contribution in [0.2, 0.25) is 0 Å². The van der Waals surface area contributed by atoms with Crippen LogP contribution in [0.5, 0.6) is 0 Å². The zero-order chi connectivity index (χ0) is 20.2. The summed E-state index contributed by atoms with van der Waals surface area (Å²) in [5.74, 6) is 0.892. The van der Waals surface area contributed by atoms with E-state index in [-0.39, 0.29) is 6.04 Å². The fraction of sp³-hybridized carbons (Fsp3) is 0.800. The molecule has 0 radical (unpaired) electrons. The second-order valence-corrected chi connectivity index (χ2v) is 7.36. The van der Waals surface area contributed by atoms with Gasteiger partial charge in [0.1, 0.15) is 0 Å². The molecular weight excluding hydrogens is 338 g/mol. The van der Waals surface area contributed by atoms with Crippen LogP contribution in [0.3, 0.4) is 0 Å². The summed E-state index contributed by atoms with van der Waals surface area (Å²) in [6.07, 6.45) is 6.33. The molecule has 1 heterocycles. The van der Waals surface area contributed by atoms with Gasteiger partial charge in [-0.1, -0.05) is 13.8 Å². The predicted molar refractivity (Wildman–Crippen MR) is 115 cm³/mol. The van der Waals surface area contributed by atoms with E-state index in [4.69, 9.17) is 4.99 Å². The van der Waals surface area contributed by atoms with Crippen LogP contribution < -0.4 is 10.6 Å². The van der Waals surface area contributed by atoms with E-state index >= 15 is 0 Å². The van der Waals surface area contributed by atoms with E-state index in [0.717, 1.165) is 38.6 Å². The topological polar surface area (TPSA) is 60.7 Å². The second-order valence-electron chi connectivity index (χ2n) is 7.36. The standard InChI is InChI=1S/C20H41N7/c1-8-21-20(24-17(4)12-11-13-27(9-2)10-3)22-15-19(25(5)6)18-14-23-26(7)16-18/h14,16-17,19H,8-13,15H2,1-7H3,(H2,21,22,24). The van der Waals surface area contributed by atoms with Crippen LogP contribution in [0, 0.1) is 0 Å². The first-order chi connectivity index (χ1) is 12.9. The molecule has 7 heteroatoms. The predicted octanol–water partition coefficient (Wildman–Crippen LogP) is 2.09. The average molecular weight is 380 g/mol. The monoisotopic (exact) mass is 379 g/mol. The Morgan fingerprint density at radius 3 is 2.48 bits per heavy atom. The summed E-state index contributed by atoms with van der Waals surface area (Å²) in [6, 6.07) is 0.613. The van der Waals surface area contributed by atoms with Gasteiger partial charge < -0.3 is 20.4 Å². The Hall–Kier alpha value is -1.60. The van der Waals surface area contributed by atoms with E-state index in [1.807, 2.05) is 17.9 Å². The Morgan fingerprint density at radius 1 is 1.26 bits per heavy atom. The second kappa shape index (κ2) is 12.7. The SMILES string of the molecule is CCNC(=NCC(c1cnn(C)c1)N(C)C)NC(C)CCCN(CC)CC. The number of aryl methyl sites for hydroxylation is 1. The van der Waals surface area contributed by atoms with Gasteiger partial charge in [-0.2, -0.15) is 5.10 Å². The highest BCUT2D eigenvalue weighted by atomic mass is 15.3. The molecule has 0 bridgehead atoms. The van der Waals surface area contributed by atoms with Crippen molar-refractivity contribution < 1.29 is 0 Å². The smallest absolute Gasteiger partial charge is 0.191 e. The molecule has 1 aromatic heterocycles.